The normalized spacial score (nSPS) is 10.5. The van der Waals surface area contributed by atoms with Crippen LogP contribution in [0, 0.1) is 0 Å². The van der Waals surface area contributed by atoms with Gasteiger partial charge in [-0.1, -0.05) is 25.1 Å². The Morgan fingerprint density at radius 1 is 1.16 bits per heavy atom. The molecule has 0 saturated carbocycles. The van der Waals surface area contributed by atoms with E-state index in [0.29, 0.717) is 6.61 Å². The van der Waals surface area contributed by atoms with Gasteiger partial charge in [0.1, 0.15) is 11.6 Å². The second-order valence-electron chi connectivity index (χ2n) is 4.05. The molecule has 108 valence electrons. The number of ether oxygens (including phenoxy) is 1. The zero-order valence-electron chi connectivity index (χ0n) is 12.0. The van der Waals surface area contributed by atoms with Crippen molar-refractivity contribution in [2.45, 2.75) is 31.8 Å². The smallest absolute Gasteiger partial charge is 0.191 e. The summed E-state index contributed by atoms with van der Waals surface area (Å²) in [6, 6.07) is 1.93. The third-order valence-electron chi connectivity index (χ3n) is 2.44. The van der Waals surface area contributed by atoms with Crippen molar-refractivity contribution in [1.82, 2.24) is 9.97 Å². The van der Waals surface area contributed by atoms with Gasteiger partial charge in [0.25, 0.3) is 0 Å². The molecule has 0 aromatic carbocycles. The zero-order chi connectivity index (χ0) is 13.9. The minimum absolute atomic E-state index is 0.704. The van der Waals surface area contributed by atoms with E-state index in [1.165, 1.54) is 18.2 Å². The molecule has 1 aromatic heterocycles. The second-order valence-corrected chi connectivity index (χ2v) is 4.82. The molecule has 0 aliphatic rings. The zero-order valence-corrected chi connectivity index (χ0v) is 12.8. The van der Waals surface area contributed by atoms with Crippen LogP contribution in [0.15, 0.2) is 11.2 Å². The molecule has 1 rings (SSSR count). The van der Waals surface area contributed by atoms with E-state index in [9.17, 15) is 0 Å². The Hall–Kier alpha value is -1.01. The fourth-order valence-corrected chi connectivity index (χ4v) is 1.86. The van der Waals surface area contributed by atoms with Crippen molar-refractivity contribution in [3.63, 3.8) is 0 Å². The van der Waals surface area contributed by atoms with Crippen molar-refractivity contribution in [2.75, 3.05) is 43.2 Å². The molecule has 0 bridgehead atoms. The molecule has 0 fully saturated rings. The van der Waals surface area contributed by atoms with Crippen LogP contribution < -0.4 is 10.6 Å². The Kier molecular flexibility index (Phi) is 8.33. The Balaban J connectivity index is 2.41. The second kappa shape index (κ2) is 9.86. The van der Waals surface area contributed by atoms with Gasteiger partial charge in [-0.2, -0.15) is 0 Å². The third kappa shape index (κ3) is 6.63. The van der Waals surface area contributed by atoms with Gasteiger partial charge in [0.05, 0.1) is 6.61 Å². The molecule has 0 aliphatic carbocycles. The maximum absolute atomic E-state index is 5.50. The summed E-state index contributed by atoms with van der Waals surface area (Å²) in [7, 11) is 0. The van der Waals surface area contributed by atoms with Gasteiger partial charge < -0.3 is 15.4 Å². The van der Waals surface area contributed by atoms with Crippen LogP contribution in [0.4, 0.5) is 11.6 Å². The molecular weight excluding hydrogens is 260 g/mol. The number of thioether (sulfide) groups is 1. The van der Waals surface area contributed by atoms with Gasteiger partial charge in [-0.25, -0.2) is 9.97 Å². The van der Waals surface area contributed by atoms with Gasteiger partial charge in [0, 0.05) is 25.8 Å². The van der Waals surface area contributed by atoms with Crippen LogP contribution >= 0.6 is 11.8 Å². The molecule has 0 saturated heterocycles. The van der Waals surface area contributed by atoms with Crippen LogP contribution in [0.5, 0.6) is 0 Å². The Morgan fingerprint density at radius 3 is 2.53 bits per heavy atom. The van der Waals surface area contributed by atoms with Crippen molar-refractivity contribution >= 4 is 23.4 Å². The number of hydrogen-bond acceptors (Lipinski definition) is 6. The summed E-state index contributed by atoms with van der Waals surface area (Å²) in [6.45, 7) is 7.37. The number of nitrogens with zero attached hydrogens (tertiary/aromatic N) is 2. The fourth-order valence-electron chi connectivity index (χ4n) is 1.48. The summed E-state index contributed by atoms with van der Waals surface area (Å²) in [5.74, 6) is 1.70. The number of aromatic nitrogens is 2. The van der Waals surface area contributed by atoms with Crippen LogP contribution in [-0.2, 0) is 4.74 Å². The molecule has 19 heavy (non-hydrogen) atoms. The quantitative estimate of drug-likeness (QED) is 0.391. The number of unbranched alkanes of at least 4 members (excludes halogenated alkanes) is 1. The first-order valence-corrected chi connectivity index (χ1v) is 8.01. The maximum Gasteiger partial charge on any atom is 0.191 e. The van der Waals surface area contributed by atoms with Crippen LogP contribution in [0.3, 0.4) is 0 Å². The monoisotopic (exact) mass is 284 g/mol. The summed E-state index contributed by atoms with van der Waals surface area (Å²) >= 11 is 1.54. The Bertz CT molecular complexity index is 362. The lowest BCUT2D eigenvalue weighted by molar-refractivity contribution is 0.141. The first kappa shape index (κ1) is 16.0. The first-order chi connectivity index (χ1) is 9.30. The fraction of sp³-hybridized carbons (Fsp3) is 0.692. The van der Waals surface area contributed by atoms with E-state index in [2.05, 4.69) is 34.4 Å². The maximum atomic E-state index is 5.50. The average Bonchev–Trinajstić information content (AvgIpc) is 2.43. The molecule has 6 heteroatoms. The summed E-state index contributed by atoms with van der Waals surface area (Å²) in [6.07, 6.45) is 4.26. The van der Waals surface area contributed by atoms with Crippen molar-refractivity contribution < 1.29 is 4.74 Å². The average molecular weight is 284 g/mol. The largest absolute Gasteiger partial charge is 0.380 e. The lowest BCUT2D eigenvalue weighted by atomic mass is 10.4. The van der Waals surface area contributed by atoms with E-state index in [-0.39, 0.29) is 0 Å². The first-order valence-electron chi connectivity index (χ1n) is 6.78. The van der Waals surface area contributed by atoms with Gasteiger partial charge in [0.15, 0.2) is 5.16 Å². The van der Waals surface area contributed by atoms with Gasteiger partial charge in [-0.3, -0.25) is 0 Å². The van der Waals surface area contributed by atoms with E-state index in [1.807, 2.05) is 12.3 Å². The van der Waals surface area contributed by atoms with Crippen LogP contribution in [0.2, 0.25) is 0 Å². The molecule has 0 atom stereocenters. The summed E-state index contributed by atoms with van der Waals surface area (Å²) in [4.78, 5) is 8.79. The standard InChI is InChI=1S/C13H24N4OS/c1-4-6-8-18-9-7-15-12-10-11(14-5-2)16-13(17-12)19-3/h10H,4-9H2,1-3H3,(H2,14,15,16,17). The van der Waals surface area contributed by atoms with Crippen molar-refractivity contribution in [1.29, 1.82) is 0 Å². The predicted molar refractivity (Wildman–Crippen MR) is 82.2 cm³/mol. The van der Waals surface area contributed by atoms with E-state index in [1.54, 1.807) is 0 Å². The van der Waals surface area contributed by atoms with E-state index in [0.717, 1.165) is 42.9 Å². The van der Waals surface area contributed by atoms with Gasteiger partial charge in [0.2, 0.25) is 0 Å². The highest BCUT2D eigenvalue weighted by atomic mass is 32.2. The molecule has 0 unspecified atom stereocenters. The van der Waals surface area contributed by atoms with Crippen molar-refractivity contribution in [3.8, 4) is 0 Å². The molecule has 0 radical (unpaired) electrons. The molecular formula is C13H24N4OS. The predicted octanol–water partition coefficient (Wildman–Crippen LogP) is 2.86. The van der Waals surface area contributed by atoms with E-state index >= 15 is 0 Å². The molecule has 0 amide bonds. The number of anilines is 2. The Morgan fingerprint density at radius 2 is 1.89 bits per heavy atom. The minimum atomic E-state index is 0.704. The molecule has 2 N–H and O–H groups in total. The molecule has 0 aliphatic heterocycles. The molecule has 1 heterocycles. The highest BCUT2D eigenvalue weighted by Gasteiger charge is 2.02. The van der Waals surface area contributed by atoms with Crippen LogP contribution in [0.25, 0.3) is 0 Å². The van der Waals surface area contributed by atoms with Crippen molar-refractivity contribution in [2.24, 2.45) is 0 Å². The van der Waals surface area contributed by atoms with E-state index in [4.69, 9.17) is 4.74 Å². The SMILES string of the molecule is CCCCOCCNc1cc(NCC)nc(SC)n1. The summed E-state index contributed by atoms with van der Waals surface area (Å²) in [5, 5.41) is 7.24. The number of hydrogen-bond donors (Lipinski definition) is 2. The minimum Gasteiger partial charge on any atom is -0.380 e. The molecule has 5 nitrogen and oxygen atoms in total. The molecule has 1 aromatic rings. The topological polar surface area (TPSA) is 59.1 Å². The van der Waals surface area contributed by atoms with Gasteiger partial charge in [-0.05, 0) is 19.6 Å². The number of rotatable bonds is 10. The lowest BCUT2D eigenvalue weighted by Crippen LogP contribution is -2.12. The summed E-state index contributed by atoms with van der Waals surface area (Å²) < 4.78 is 5.50. The highest BCUT2D eigenvalue weighted by molar-refractivity contribution is 7.98. The highest BCUT2D eigenvalue weighted by Crippen LogP contribution is 2.16. The third-order valence-corrected chi connectivity index (χ3v) is 2.99. The summed E-state index contributed by atoms with van der Waals surface area (Å²) in [5.41, 5.74) is 0. The lowest BCUT2D eigenvalue weighted by Gasteiger charge is -2.10. The van der Waals surface area contributed by atoms with Crippen LogP contribution in [0.1, 0.15) is 26.7 Å². The van der Waals surface area contributed by atoms with E-state index < -0.39 is 0 Å². The van der Waals surface area contributed by atoms with Crippen molar-refractivity contribution in [3.05, 3.63) is 6.07 Å². The van der Waals surface area contributed by atoms with Gasteiger partial charge in [-0.15, -0.1) is 0 Å². The van der Waals surface area contributed by atoms with Gasteiger partial charge >= 0.3 is 0 Å². The van der Waals surface area contributed by atoms with Crippen LogP contribution in [-0.4, -0.2) is 42.5 Å². The number of nitrogens with one attached hydrogen (secondary N) is 2. The Labute approximate surface area is 119 Å². The molecule has 0 spiro atoms.